The quantitative estimate of drug-likeness (QED) is 0.654. The molecular formula is C9H15NO4. The van der Waals surface area contributed by atoms with Gasteiger partial charge in [-0.3, -0.25) is 9.59 Å². The fourth-order valence-corrected chi connectivity index (χ4v) is 1.70. The van der Waals surface area contributed by atoms with Crippen molar-refractivity contribution in [2.45, 2.75) is 25.8 Å². The molecule has 0 aromatic rings. The Hall–Kier alpha value is -1.10. The van der Waals surface area contributed by atoms with Gasteiger partial charge < -0.3 is 15.1 Å². The maximum atomic E-state index is 11.4. The summed E-state index contributed by atoms with van der Waals surface area (Å²) in [5, 5.41) is 17.7. The van der Waals surface area contributed by atoms with Crippen molar-refractivity contribution in [3.8, 4) is 0 Å². The van der Waals surface area contributed by atoms with E-state index in [9.17, 15) is 9.59 Å². The topological polar surface area (TPSA) is 77.8 Å². The number of likely N-dealkylation sites (tertiary alicyclic amines) is 1. The Labute approximate surface area is 82.3 Å². The monoisotopic (exact) mass is 201 g/mol. The summed E-state index contributed by atoms with van der Waals surface area (Å²) in [5.41, 5.74) is 0. The molecular weight excluding hydrogens is 186 g/mol. The number of carboxylic acid groups (broad SMARTS) is 1. The predicted molar refractivity (Wildman–Crippen MR) is 48.6 cm³/mol. The Morgan fingerprint density at radius 3 is 2.71 bits per heavy atom. The van der Waals surface area contributed by atoms with Gasteiger partial charge in [-0.1, -0.05) is 6.92 Å². The maximum absolute atomic E-state index is 11.4. The predicted octanol–water partition coefficient (Wildman–Crippen LogP) is -0.310. The molecule has 1 heterocycles. The molecule has 1 amide bonds. The molecule has 0 spiro atoms. The van der Waals surface area contributed by atoms with Crippen LogP contribution in [0.25, 0.3) is 0 Å². The summed E-state index contributed by atoms with van der Waals surface area (Å²) in [6.07, 6.45) is 0.709. The third-order valence-electron chi connectivity index (χ3n) is 2.63. The molecule has 1 saturated heterocycles. The molecule has 0 saturated carbocycles. The van der Waals surface area contributed by atoms with Crippen molar-refractivity contribution in [1.82, 2.24) is 4.90 Å². The minimum absolute atomic E-state index is 0.0613. The number of aliphatic carboxylic acids is 1. The lowest BCUT2D eigenvalue weighted by Crippen LogP contribution is -2.39. The van der Waals surface area contributed by atoms with Crippen LogP contribution in [0.5, 0.6) is 0 Å². The number of carbonyl (C=O) groups excluding carboxylic acids is 1. The zero-order chi connectivity index (χ0) is 10.7. The van der Waals surface area contributed by atoms with Crippen LogP contribution in [-0.4, -0.2) is 46.2 Å². The number of nitrogens with zero attached hydrogens (tertiary/aromatic N) is 1. The van der Waals surface area contributed by atoms with Gasteiger partial charge >= 0.3 is 5.97 Å². The minimum Gasteiger partial charge on any atom is -0.481 e. The Kier molecular flexibility index (Phi) is 3.46. The van der Waals surface area contributed by atoms with E-state index in [1.54, 1.807) is 0 Å². The molecule has 0 aliphatic carbocycles. The standard InChI is InChI=1S/C9H15NO4/c1-2-7(5-11)10-4-6(9(13)14)3-8(10)12/h6-7,11H,2-5H2,1H3,(H,13,14)/t6-,7+/m1/s1. The molecule has 14 heavy (non-hydrogen) atoms. The van der Waals surface area contributed by atoms with Crippen molar-refractivity contribution in [3.63, 3.8) is 0 Å². The first-order chi connectivity index (χ1) is 6.60. The van der Waals surface area contributed by atoms with Gasteiger partial charge in [-0.2, -0.15) is 0 Å². The highest BCUT2D eigenvalue weighted by atomic mass is 16.4. The third-order valence-corrected chi connectivity index (χ3v) is 2.63. The second-order valence-corrected chi connectivity index (χ2v) is 3.53. The van der Waals surface area contributed by atoms with E-state index in [1.807, 2.05) is 6.92 Å². The molecule has 1 aliphatic rings. The maximum Gasteiger partial charge on any atom is 0.308 e. The molecule has 0 bridgehead atoms. The van der Waals surface area contributed by atoms with Gasteiger partial charge in [-0.15, -0.1) is 0 Å². The smallest absolute Gasteiger partial charge is 0.308 e. The Morgan fingerprint density at radius 2 is 2.36 bits per heavy atom. The third kappa shape index (κ3) is 2.04. The van der Waals surface area contributed by atoms with Crippen molar-refractivity contribution >= 4 is 11.9 Å². The van der Waals surface area contributed by atoms with E-state index < -0.39 is 11.9 Å². The van der Waals surface area contributed by atoms with Gasteiger partial charge in [0.1, 0.15) is 0 Å². The first kappa shape index (κ1) is 11.0. The number of aliphatic hydroxyl groups is 1. The summed E-state index contributed by atoms with van der Waals surface area (Å²) < 4.78 is 0. The van der Waals surface area contributed by atoms with E-state index in [4.69, 9.17) is 10.2 Å². The van der Waals surface area contributed by atoms with Crippen LogP contribution in [0, 0.1) is 5.92 Å². The average Bonchev–Trinajstić information content (AvgIpc) is 2.51. The lowest BCUT2D eigenvalue weighted by atomic mass is 10.1. The van der Waals surface area contributed by atoms with Crippen molar-refractivity contribution in [2.24, 2.45) is 5.92 Å². The molecule has 2 N–H and O–H groups in total. The van der Waals surface area contributed by atoms with E-state index in [-0.39, 0.29) is 31.5 Å². The number of carboxylic acids is 1. The number of rotatable bonds is 4. The molecule has 2 atom stereocenters. The number of hydrogen-bond acceptors (Lipinski definition) is 3. The Morgan fingerprint density at radius 1 is 1.71 bits per heavy atom. The van der Waals surface area contributed by atoms with Crippen LogP contribution in [0.1, 0.15) is 19.8 Å². The fourth-order valence-electron chi connectivity index (χ4n) is 1.70. The highest BCUT2D eigenvalue weighted by Gasteiger charge is 2.36. The summed E-state index contributed by atoms with van der Waals surface area (Å²) in [7, 11) is 0. The van der Waals surface area contributed by atoms with Gasteiger partial charge in [-0.05, 0) is 6.42 Å². The zero-order valence-corrected chi connectivity index (χ0v) is 8.14. The molecule has 5 nitrogen and oxygen atoms in total. The van der Waals surface area contributed by atoms with Gasteiger partial charge in [0.25, 0.3) is 0 Å². The van der Waals surface area contributed by atoms with Crippen molar-refractivity contribution in [1.29, 1.82) is 0 Å². The molecule has 0 radical (unpaired) electrons. The molecule has 1 aliphatic heterocycles. The van der Waals surface area contributed by atoms with Gasteiger partial charge in [0.05, 0.1) is 18.6 Å². The molecule has 0 aromatic carbocycles. The molecule has 80 valence electrons. The van der Waals surface area contributed by atoms with Crippen molar-refractivity contribution in [3.05, 3.63) is 0 Å². The van der Waals surface area contributed by atoms with Crippen LogP contribution in [0.4, 0.5) is 0 Å². The van der Waals surface area contributed by atoms with E-state index in [0.717, 1.165) is 0 Å². The normalized spacial score (nSPS) is 24.0. The van der Waals surface area contributed by atoms with E-state index in [2.05, 4.69) is 0 Å². The highest BCUT2D eigenvalue weighted by Crippen LogP contribution is 2.21. The highest BCUT2D eigenvalue weighted by molar-refractivity contribution is 5.86. The van der Waals surface area contributed by atoms with Gasteiger partial charge in [0.15, 0.2) is 0 Å². The lowest BCUT2D eigenvalue weighted by Gasteiger charge is -2.24. The largest absolute Gasteiger partial charge is 0.481 e. The molecule has 0 aromatic heterocycles. The van der Waals surface area contributed by atoms with Gasteiger partial charge in [-0.25, -0.2) is 0 Å². The number of carbonyl (C=O) groups is 2. The van der Waals surface area contributed by atoms with Gasteiger partial charge in [0.2, 0.25) is 5.91 Å². The molecule has 1 rings (SSSR count). The molecule has 0 unspecified atom stereocenters. The second-order valence-electron chi connectivity index (χ2n) is 3.53. The first-order valence-electron chi connectivity index (χ1n) is 4.73. The first-order valence-corrected chi connectivity index (χ1v) is 4.73. The summed E-state index contributed by atoms with van der Waals surface area (Å²) in [4.78, 5) is 23.5. The minimum atomic E-state index is -0.936. The SMILES string of the molecule is CC[C@@H](CO)N1C[C@H](C(=O)O)CC1=O. The Balaban J connectivity index is 2.64. The average molecular weight is 201 g/mol. The molecule has 5 heteroatoms. The summed E-state index contributed by atoms with van der Waals surface area (Å²) in [5.74, 6) is -1.71. The number of hydrogen-bond donors (Lipinski definition) is 2. The van der Waals surface area contributed by atoms with Crippen LogP contribution in [0.2, 0.25) is 0 Å². The molecule has 1 fully saturated rings. The zero-order valence-electron chi connectivity index (χ0n) is 8.14. The fraction of sp³-hybridized carbons (Fsp3) is 0.778. The summed E-state index contributed by atoms with van der Waals surface area (Å²) >= 11 is 0. The van der Waals surface area contributed by atoms with E-state index in [0.29, 0.717) is 6.42 Å². The van der Waals surface area contributed by atoms with Crippen molar-refractivity contribution < 1.29 is 19.8 Å². The van der Waals surface area contributed by atoms with E-state index >= 15 is 0 Å². The van der Waals surface area contributed by atoms with Crippen molar-refractivity contribution in [2.75, 3.05) is 13.2 Å². The van der Waals surface area contributed by atoms with Crippen LogP contribution >= 0.6 is 0 Å². The lowest BCUT2D eigenvalue weighted by molar-refractivity contribution is -0.141. The van der Waals surface area contributed by atoms with Crippen LogP contribution in [0.15, 0.2) is 0 Å². The van der Waals surface area contributed by atoms with Crippen LogP contribution in [-0.2, 0) is 9.59 Å². The Bertz CT molecular complexity index is 237. The number of aliphatic hydroxyl groups excluding tert-OH is 1. The van der Waals surface area contributed by atoms with Crippen LogP contribution < -0.4 is 0 Å². The van der Waals surface area contributed by atoms with E-state index in [1.165, 1.54) is 4.90 Å². The summed E-state index contributed by atoms with van der Waals surface area (Å²) in [6.45, 7) is 1.99. The summed E-state index contributed by atoms with van der Waals surface area (Å²) in [6, 6.07) is -0.230. The number of amides is 1. The van der Waals surface area contributed by atoms with Crippen LogP contribution in [0.3, 0.4) is 0 Å². The second kappa shape index (κ2) is 4.41. The van der Waals surface area contributed by atoms with Gasteiger partial charge in [0, 0.05) is 13.0 Å².